The lowest BCUT2D eigenvalue weighted by molar-refractivity contribution is 0.477. The Hall–Kier alpha value is -2.67. The van der Waals surface area contributed by atoms with Crippen LogP contribution >= 0.6 is 11.8 Å². The van der Waals surface area contributed by atoms with Gasteiger partial charge in [0.1, 0.15) is 11.6 Å². The SMILES string of the molecule is Oc1ccccc1-c1nc2c(c(NCc3cnccn3)n1)CSCC2. The Labute approximate surface area is 149 Å². The number of aromatic nitrogens is 4. The summed E-state index contributed by atoms with van der Waals surface area (Å²) in [5.41, 5.74) is 3.68. The Morgan fingerprint density at radius 2 is 2.08 bits per heavy atom. The zero-order chi connectivity index (χ0) is 17.1. The van der Waals surface area contributed by atoms with Gasteiger partial charge in [0.05, 0.1) is 29.7 Å². The van der Waals surface area contributed by atoms with E-state index in [-0.39, 0.29) is 5.75 Å². The van der Waals surface area contributed by atoms with Gasteiger partial charge in [-0.25, -0.2) is 9.97 Å². The lowest BCUT2D eigenvalue weighted by Gasteiger charge is -2.20. The summed E-state index contributed by atoms with van der Waals surface area (Å²) in [7, 11) is 0. The molecule has 3 heterocycles. The molecule has 0 unspecified atom stereocenters. The van der Waals surface area contributed by atoms with E-state index in [1.165, 1.54) is 0 Å². The monoisotopic (exact) mass is 351 g/mol. The van der Waals surface area contributed by atoms with Gasteiger partial charge >= 0.3 is 0 Å². The fraction of sp³-hybridized carbons (Fsp3) is 0.222. The molecule has 0 amide bonds. The predicted molar refractivity (Wildman–Crippen MR) is 98.4 cm³/mol. The van der Waals surface area contributed by atoms with Crippen molar-refractivity contribution in [3.63, 3.8) is 0 Å². The lowest BCUT2D eigenvalue weighted by atomic mass is 10.1. The van der Waals surface area contributed by atoms with Crippen LogP contribution in [0.2, 0.25) is 0 Å². The molecule has 1 aliphatic heterocycles. The number of hydrogen-bond donors (Lipinski definition) is 2. The summed E-state index contributed by atoms with van der Waals surface area (Å²) in [5.74, 6) is 3.48. The number of fused-ring (bicyclic) bond motifs is 1. The maximum atomic E-state index is 10.1. The number of aromatic hydroxyl groups is 1. The summed E-state index contributed by atoms with van der Waals surface area (Å²) in [6.07, 6.45) is 5.97. The van der Waals surface area contributed by atoms with Crippen molar-refractivity contribution >= 4 is 17.6 Å². The van der Waals surface area contributed by atoms with Gasteiger partial charge in [-0.1, -0.05) is 12.1 Å². The number of nitrogens with zero attached hydrogens (tertiary/aromatic N) is 4. The summed E-state index contributed by atoms with van der Waals surface area (Å²) in [6, 6.07) is 7.16. The average molecular weight is 351 g/mol. The van der Waals surface area contributed by atoms with Gasteiger partial charge in [-0.2, -0.15) is 11.8 Å². The van der Waals surface area contributed by atoms with Gasteiger partial charge in [0, 0.05) is 23.7 Å². The van der Waals surface area contributed by atoms with Crippen LogP contribution < -0.4 is 5.32 Å². The number of hydrogen-bond acceptors (Lipinski definition) is 7. The van der Waals surface area contributed by atoms with Crippen molar-refractivity contribution in [3.05, 3.63) is 59.8 Å². The van der Waals surface area contributed by atoms with Crippen LogP contribution in [0.1, 0.15) is 17.0 Å². The highest BCUT2D eigenvalue weighted by Gasteiger charge is 2.19. The third kappa shape index (κ3) is 3.41. The Morgan fingerprint density at radius 1 is 1.16 bits per heavy atom. The molecule has 0 saturated carbocycles. The average Bonchev–Trinajstić information content (AvgIpc) is 2.67. The molecular weight excluding hydrogens is 334 g/mol. The van der Waals surface area contributed by atoms with Crippen molar-refractivity contribution < 1.29 is 5.11 Å². The number of phenols is 1. The van der Waals surface area contributed by atoms with E-state index in [1.54, 1.807) is 30.7 Å². The van der Waals surface area contributed by atoms with E-state index in [2.05, 4.69) is 20.3 Å². The Balaban J connectivity index is 1.71. The van der Waals surface area contributed by atoms with Crippen LogP contribution in [0.15, 0.2) is 42.9 Å². The maximum absolute atomic E-state index is 10.1. The first kappa shape index (κ1) is 15.8. The topological polar surface area (TPSA) is 83.8 Å². The fourth-order valence-electron chi connectivity index (χ4n) is 2.76. The van der Waals surface area contributed by atoms with E-state index < -0.39 is 0 Å². The van der Waals surface area contributed by atoms with Crippen molar-refractivity contribution in [2.75, 3.05) is 11.1 Å². The first-order valence-electron chi connectivity index (χ1n) is 8.06. The van der Waals surface area contributed by atoms with Crippen LogP contribution in [0.3, 0.4) is 0 Å². The maximum Gasteiger partial charge on any atom is 0.165 e. The van der Waals surface area contributed by atoms with Gasteiger partial charge in [-0.3, -0.25) is 9.97 Å². The molecule has 0 radical (unpaired) electrons. The number of rotatable bonds is 4. The van der Waals surface area contributed by atoms with Crippen LogP contribution in [-0.4, -0.2) is 30.8 Å². The minimum atomic E-state index is 0.188. The third-order valence-corrected chi connectivity index (χ3v) is 5.01. The molecule has 3 aromatic rings. The molecule has 126 valence electrons. The number of nitrogens with one attached hydrogen (secondary N) is 1. The number of phenolic OH excluding ortho intramolecular Hbond substituents is 1. The second-order valence-electron chi connectivity index (χ2n) is 5.69. The van der Waals surface area contributed by atoms with Gasteiger partial charge in [0.15, 0.2) is 5.82 Å². The smallest absolute Gasteiger partial charge is 0.165 e. The molecule has 7 heteroatoms. The first-order chi connectivity index (χ1) is 12.3. The molecule has 0 atom stereocenters. The largest absolute Gasteiger partial charge is 0.507 e. The van der Waals surface area contributed by atoms with Crippen molar-refractivity contribution in [2.45, 2.75) is 18.7 Å². The highest BCUT2D eigenvalue weighted by molar-refractivity contribution is 7.98. The minimum absolute atomic E-state index is 0.188. The number of anilines is 1. The Morgan fingerprint density at radius 3 is 2.92 bits per heavy atom. The van der Waals surface area contributed by atoms with E-state index in [0.29, 0.717) is 17.9 Å². The molecule has 1 aromatic carbocycles. The molecule has 6 nitrogen and oxygen atoms in total. The van der Waals surface area contributed by atoms with Gasteiger partial charge in [0.2, 0.25) is 0 Å². The Kier molecular flexibility index (Phi) is 4.47. The molecule has 2 aromatic heterocycles. The highest BCUT2D eigenvalue weighted by Crippen LogP contribution is 2.33. The van der Waals surface area contributed by atoms with Gasteiger partial charge in [0.25, 0.3) is 0 Å². The van der Waals surface area contributed by atoms with Crippen LogP contribution in [-0.2, 0) is 18.7 Å². The zero-order valence-corrected chi connectivity index (χ0v) is 14.3. The lowest BCUT2D eigenvalue weighted by Crippen LogP contribution is -2.14. The standard InChI is InChI=1S/C18H17N5OS/c24-16-4-2-1-3-13(16)18-22-15-5-8-25-11-14(15)17(23-18)21-10-12-9-19-6-7-20-12/h1-4,6-7,9,24H,5,8,10-11H2,(H,21,22,23). The minimum Gasteiger partial charge on any atom is -0.507 e. The highest BCUT2D eigenvalue weighted by atomic mass is 32.2. The summed E-state index contributed by atoms with van der Waals surface area (Å²) in [5, 5.41) is 13.5. The molecular formula is C18H17N5OS. The van der Waals surface area contributed by atoms with Crippen molar-refractivity contribution in [1.82, 2.24) is 19.9 Å². The van der Waals surface area contributed by atoms with Crippen LogP contribution in [0.5, 0.6) is 5.75 Å². The predicted octanol–water partition coefficient (Wildman–Crippen LogP) is 3.04. The molecule has 0 aliphatic carbocycles. The summed E-state index contributed by atoms with van der Waals surface area (Å²) < 4.78 is 0. The molecule has 4 rings (SSSR count). The summed E-state index contributed by atoms with van der Waals surface area (Å²) >= 11 is 1.88. The van der Waals surface area contributed by atoms with Crippen LogP contribution in [0.25, 0.3) is 11.4 Å². The third-order valence-electron chi connectivity index (χ3n) is 4.02. The summed E-state index contributed by atoms with van der Waals surface area (Å²) in [6.45, 7) is 0.544. The van der Waals surface area contributed by atoms with E-state index in [0.717, 1.165) is 40.7 Å². The molecule has 0 saturated heterocycles. The first-order valence-corrected chi connectivity index (χ1v) is 9.21. The van der Waals surface area contributed by atoms with Gasteiger partial charge in [-0.05, 0) is 24.3 Å². The van der Waals surface area contributed by atoms with E-state index in [1.807, 2.05) is 23.9 Å². The fourth-order valence-corrected chi connectivity index (χ4v) is 3.75. The number of aryl methyl sites for hydroxylation is 1. The van der Waals surface area contributed by atoms with Crippen molar-refractivity contribution in [1.29, 1.82) is 0 Å². The molecule has 25 heavy (non-hydrogen) atoms. The Bertz CT molecular complexity index is 888. The molecule has 2 N–H and O–H groups in total. The molecule has 0 spiro atoms. The van der Waals surface area contributed by atoms with E-state index >= 15 is 0 Å². The van der Waals surface area contributed by atoms with Gasteiger partial charge in [-0.15, -0.1) is 0 Å². The normalized spacial score (nSPS) is 13.3. The van der Waals surface area contributed by atoms with Crippen LogP contribution in [0, 0.1) is 0 Å². The second-order valence-corrected chi connectivity index (χ2v) is 6.80. The van der Waals surface area contributed by atoms with Crippen LogP contribution in [0.4, 0.5) is 5.82 Å². The number of para-hydroxylation sites is 1. The number of benzene rings is 1. The molecule has 0 fully saturated rings. The second kappa shape index (κ2) is 7.06. The van der Waals surface area contributed by atoms with Gasteiger partial charge < -0.3 is 10.4 Å². The molecule has 0 bridgehead atoms. The summed E-state index contributed by atoms with van der Waals surface area (Å²) in [4.78, 5) is 17.8. The van der Waals surface area contributed by atoms with E-state index in [9.17, 15) is 5.11 Å². The number of thioether (sulfide) groups is 1. The quantitative estimate of drug-likeness (QED) is 0.747. The van der Waals surface area contributed by atoms with Crippen molar-refractivity contribution in [2.24, 2.45) is 0 Å². The molecule has 1 aliphatic rings. The zero-order valence-electron chi connectivity index (χ0n) is 13.5. The van der Waals surface area contributed by atoms with E-state index in [4.69, 9.17) is 4.98 Å². The van der Waals surface area contributed by atoms with Crippen molar-refractivity contribution in [3.8, 4) is 17.1 Å².